The van der Waals surface area contributed by atoms with E-state index in [1.165, 1.54) is 24.8 Å². The monoisotopic (exact) mass is 443 g/mol. The Morgan fingerprint density at radius 1 is 1.03 bits per heavy atom. The van der Waals surface area contributed by atoms with Crippen LogP contribution in [-0.2, 0) is 16.5 Å². The molecule has 7 heteroatoms. The maximum Gasteiger partial charge on any atom is 0.339 e. The lowest BCUT2D eigenvalue weighted by atomic mass is 10.1. The third-order valence-corrected chi connectivity index (χ3v) is 5.98. The number of aryl methyl sites for hydroxylation is 2. The first-order valence-electron chi connectivity index (χ1n) is 9.34. The van der Waals surface area contributed by atoms with Crippen molar-refractivity contribution in [3.8, 4) is 11.5 Å². The summed E-state index contributed by atoms with van der Waals surface area (Å²) in [5.74, 6) is 0.130. The highest BCUT2D eigenvalue weighted by atomic mass is 35.5. The molecule has 5 nitrogen and oxygen atoms in total. The number of halogens is 1. The summed E-state index contributed by atoms with van der Waals surface area (Å²) in [5.41, 5.74) is 3.62. The minimum absolute atomic E-state index is 0.0346. The molecule has 0 bridgehead atoms. The van der Waals surface area contributed by atoms with Gasteiger partial charge in [-0.1, -0.05) is 48.4 Å². The van der Waals surface area contributed by atoms with Crippen LogP contribution in [0, 0.1) is 6.92 Å². The summed E-state index contributed by atoms with van der Waals surface area (Å²) in [7, 11) is -2.64. The number of rotatable bonds is 7. The van der Waals surface area contributed by atoms with Gasteiger partial charge in [0.25, 0.3) is 0 Å². The fraction of sp³-hybridized carbons (Fsp3) is 0.174. The molecule has 0 aliphatic rings. The van der Waals surface area contributed by atoms with Crippen molar-refractivity contribution in [2.45, 2.75) is 25.2 Å². The van der Waals surface area contributed by atoms with E-state index in [0.717, 1.165) is 17.7 Å². The molecule has 0 N–H and O–H groups in total. The maximum atomic E-state index is 12.6. The van der Waals surface area contributed by atoms with Gasteiger partial charge in [0.05, 0.1) is 17.8 Å². The Morgan fingerprint density at radius 3 is 2.30 bits per heavy atom. The summed E-state index contributed by atoms with van der Waals surface area (Å²) < 4.78 is 35.8. The van der Waals surface area contributed by atoms with Crippen molar-refractivity contribution in [2.75, 3.05) is 7.11 Å². The van der Waals surface area contributed by atoms with Gasteiger partial charge in [-0.25, -0.2) is 0 Å². The molecule has 0 aromatic heterocycles. The lowest BCUT2D eigenvalue weighted by molar-refractivity contribution is 0.390. The molecule has 0 unspecified atom stereocenters. The van der Waals surface area contributed by atoms with Crippen LogP contribution >= 0.6 is 11.6 Å². The van der Waals surface area contributed by atoms with Gasteiger partial charge in [-0.2, -0.15) is 8.42 Å². The highest BCUT2D eigenvalue weighted by molar-refractivity contribution is 7.87. The van der Waals surface area contributed by atoms with Crippen LogP contribution in [-0.4, -0.2) is 21.7 Å². The first-order valence-corrected chi connectivity index (χ1v) is 11.1. The van der Waals surface area contributed by atoms with E-state index in [9.17, 15) is 8.42 Å². The molecule has 0 saturated carbocycles. The van der Waals surface area contributed by atoms with Crippen molar-refractivity contribution in [1.82, 2.24) is 0 Å². The summed E-state index contributed by atoms with van der Waals surface area (Å²) in [6.45, 7) is 3.96. The summed E-state index contributed by atoms with van der Waals surface area (Å²) in [6.07, 6.45) is 2.59. The van der Waals surface area contributed by atoms with E-state index in [2.05, 4.69) is 11.9 Å². The Labute approximate surface area is 182 Å². The molecule has 0 atom stereocenters. The minimum Gasteiger partial charge on any atom is -0.493 e. The van der Waals surface area contributed by atoms with Crippen molar-refractivity contribution in [2.24, 2.45) is 4.99 Å². The molecule has 0 fully saturated rings. The normalized spacial score (nSPS) is 11.6. The van der Waals surface area contributed by atoms with Crippen molar-refractivity contribution in [3.63, 3.8) is 0 Å². The van der Waals surface area contributed by atoms with E-state index in [4.69, 9.17) is 20.5 Å². The topological polar surface area (TPSA) is 65.0 Å². The summed E-state index contributed by atoms with van der Waals surface area (Å²) in [6, 6.07) is 17.5. The van der Waals surface area contributed by atoms with Crippen LogP contribution in [0.1, 0.15) is 23.6 Å². The van der Waals surface area contributed by atoms with E-state index in [-0.39, 0.29) is 21.4 Å². The fourth-order valence-electron chi connectivity index (χ4n) is 2.72. The van der Waals surface area contributed by atoms with Crippen LogP contribution in [0.2, 0.25) is 5.02 Å². The Bertz CT molecular complexity index is 1160. The first-order chi connectivity index (χ1) is 14.3. The van der Waals surface area contributed by atoms with Crippen molar-refractivity contribution >= 4 is 33.6 Å². The van der Waals surface area contributed by atoms with Crippen molar-refractivity contribution in [1.29, 1.82) is 0 Å². The smallest absolute Gasteiger partial charge is 0.339 e. The zero-order valence-corrected chi connectivity index (χ0v) is 18.5. The number of hydrogen-bond donors (Lipinski definition) is 0. The number of aliphatic imine (C=N–C) groups is 1. The molecule has 0 saturated heterocycles. The molecular weight excluding hydrogens is 422 g/mol. The number of methoxy groups -OCH3 is 1. The Hall–Kier alpha value is -2.83. The standard InChI is InChI=1S/C23H22ClNO4S/c1-4-17-7-9-19(10-8-17)25-15-18-13-21(24)23(22(14-18)28-3)29-30(26,27)20-11-5-16(2)6-12-20/h5-15H,4H2,1-3H3. The third kappa shape index (κ3) is 5.20. The molecule has 3 rings (SSSR count). The highest BCUT2D eigenvalue weighted by Gasteiger charge is 2.22. The van der Waals surface area contributed by atoms with Gasteiger partial charge in [0.2, 0.25) is 5.75 Å². The zero-order chi connectivity index (χ0) is 21.7. The van der Waals surface area contributed by atoms with Crippen LogP contribution in [0.15, 0.2) is 70.6 Å². The van der Waals surface area contributed by atoms with Gasteiger partial charge in [-0.15, -0.1) is 0 Å². The Morgan fingerprint density at radius 2 is 1.70 bits per heavy atom. The largest absolute Gasteiger partial charge is 0.493 e. The van der Waals surface area contributed by atoms with Crippen LogP contribution in [0.4, 0.5) is 5.69 Å². The van der Waals surface area contributed by atoms with E-state index in [1.807, 2.05) is 31.2 Å². The lowest BCUT2D eigenvalue weighted by Crippen LogP contribution is -2.11. The summed E-state index contributed by atoms with van der Waals surface area (Å²) in [4.78, 5) is 4.46. The first kappa shape index (κ1) is 21.9. The van der Waals surface area contributed by atoms with E-state index >= 15 is 0 Å². The van der Waals surface area contributed by atoms with Crippen LogP contribution in [0.25, 0.3) is 0 Å². The van der Waals surface area contributed by atoms with Gasteiger partial charge in [-0.05, 0) is 60.9 Å². The van der Waals surface area contributed by atoms with Gasteiger partial charge >= 0.3 is 10.1 Å². The minimum atomic E-state index is -4.06. The molecule has 3 aromatic rings. The molecule has 0 aliphatic heterocycles. The van der Waals surface area contributed by atoms with Gasteiger partial charge in [0, 0.05) is 6.21 Å². The molecular formula is C23H22ClNO4S. The number of hydrogen-bond acceptors (Lipinski definition) is 5. The van der Waals surface area contributed by atoms with Gasteiger partial charge in [0.15, 0.2) is 5.75 Å². The Kier molecular flexibility index (Phi) is 6.80. The molecule has 0 aliphatic carbocycles. The molecule has 0 spiro atoms. The molecule has 0 amide bonds. The van der Waals surface area contributed by atoms with Crippen LogP contribution < -0.4 is 8.92 Å². The molecule has 30 heavy (non-hydrogen) atoms. The lowest BCUT2D eigenvalue weighted by Gasteiger charge is -2.13. The molecule has 156 valence electrons. The second-order valence-corrected chi connectivity index (χ2v) is 8.62. The van der Waals surface area contributed by atoms with Gasteiger partial charge in [-0.3, -0.25) is 4.99 Å². The second kappa shape index (κ2) is 9.32. The van der Waals surface area contributed by atoms with E-state index < -0.39 is 10.1 Å². The quantitative estimate of drug-likeness (QED) is 0.345. The van der Waals surface area contributed by atoms with Gasteiger partial charge < -0.3 is 8.92 Å². The molecule has 0 radical (unpaired) electrons. The number of benzene rings is 3. The SMILES string of the molecule is CCc1ccc(N=Cc2cc(Cl)c(OS(=O)(=O)c3ccc(C)cc3)c(OC)c2)cc1. The van der Waals surface area contributed by atoms with Crippen LogP contribution in [0.3, 0.4) is 0 Å². The summed E-state index contributed by atoms with van der Waals surface area (Å²) >= 11 is 6.32. The number of nitrogens with zero attached hydrogens (tertiary/aromatic N) is 1. The fourth-order valence-corrected chi connectivity index (χ4v) is 3.99. The van der Waals surface area contributed by atoms with E-state index in [1.54, 1.807) is 30.5 Å². The predicted molar refractivity (Wildman–Crippen MR) is 120 cm³/mol. The molecule has 3 aromatic carbocycles. The average Bonchev–Trinajstić information content (AvgIpc) is 2.74. The highest BCUT2D eigenvalue weighted by Crippen LogP contribution is 2.38. The van der Waals surface area contributed by atoms with Gasteiger partial charge in [0.1, 0.15) is 4.90 Å². The zero-order valence-electron chi connectivity index (χ0n) is 16.9. The average molecular weight is 444 g/mol. The number of ether oxygens (including phenoxy) is 1. The molecule has 0 heterocycles. The van der Waals surface area contributed by atoms with E-state index in [0.29, 0.717) is 5.56 Å². The predicted octanol–water partition coefficient (Wildman–Crippen LogP) is 5.74. The van der Waals surface area contributed by atoms with Crippen LogP contribution in [0.5, 0.6) is 11.5 Å². The Balaban J connectivity index is 1.88. The maximum absolute atomic E-state index is 12.6. The third-order valence-electron chi connectivity index (χ3n) is 4.46. The van der Waals surface area contributed by atoms with Crippen molar-refractivity contribution < 1.29 is 17.3 Å². The van der Waals surface area contributed by atoms with Crippen molar-refractivity contribution in [3.05, 3.63) is 82.4 Å². The summed E-state index contributed by atoms with van der Waals surface area (Å²) in [5, 5.41) is 0.104. The second-order valence-electron chi connectivity index (χ2n) is 6.66.